The third kappa shape index (κ3) is 13.0. The van der Waals surface area contributed by atoms with Crippen molar-refractivity contribution in [2.75, 3.05) is 29.0 Å². The van der Waals surface area contributed by atoms with Crippen molar-refractivity contribution in [3.63, 3.8) is 0 Å². The maximum Gasteiger partial charge on any atom is -0.000473 e. The molecule has 0 amide bonds. The van der Waals surface area contributed by atoms with Gasteiger partial charge in [-0.25, -0.2) is 0 Å². The summed E-state index contributed by atoms with van der Waals surface area (Å²) in [4.78, 5) is 0. The Hall–Kier alpha value is 1.04. The number of halogens is 1. The molecule has 0 aromatic heterocycles. The highest BCUT2D eigenvalue weighted by Gasteiger charge is 1.90. The molecule has 1 N–H and O–H groups in total. The van der Waals surface area contributed by atoms with Gasteiger partial charge in [-0.2, -0.15) is 11.8 Å². The van der Waals surface area contributed by atoms with Gasteiger partial charge in [0.2, 0.25) is 0 Å². The fourth-order valence-corrected chi connectivity index (χ4v) is 2.44. The van der Waals surface area contributed by atoms with E-state index in [9.17, 15) is 0 Å². The van der Waals surface area contributed by atoms with Crippen molar-refractivity contribution in [1.82, 2.24) is 5.32 Å². The smallest absolute Gasteiger partial charge is 0.000473 e. The summed E-state index contributed by atoms with van der Waals surface area (Å²) in [5.74, 6) is 2.58. The van der Waals surface area contributed by atoms with Crippen molar-refractivity contribution in [3.05, 3.63) is 0 Å². The normalized spacial score (nSPS) is 10.7. The van der Waals surface area contributed by atoms with Crippen LogP contribution in [0.3, 0.4) is 0 Å². The van der Waals surface area contributed by atoms with Gasteiger partial charge in [0.15, 0.2) is 0 Å². The first-order valence-electron chi connectivity index (χ1n) is 5.76. The van der Waals surface area contributed by atoms with Gasteiger partial charge in [-0.3, -0.25) is 0 Å². The Morgan fingerprint density at radius 1 is 1.00 bits per heavy atom. The second kappa shape index (κ2) is 14.0. The van der Waals surface area contributed by atoms with Crippen LogP contribution in [0.1, 0.15) is 39.0 Å². The average Bonchev–Trinajstić information content (AvgIpc) is 2.21. The fraction of sp³-hybridized carbons (Fsp3) is 1.00. The molecule has 0 saturated heterocycles. The van der Waals surface area contributed by atoms with Crippen LogP contribution < -0.4 is 5.32 Å². The van der Waals surface area contributed by atoms with E-state index in [0.29, 0.717) is 0 Å². The summed E-state index contributed by atoms with van der Waals surface area (Å²) in [5.41, 5.74) is 0. The summed E-state index contributed by atoms with van der Waals surface area (Å²) < 4.78 is 1.32. The van der Waals surface area contributed by atoms with E-state index in [1.807, 2.05) is 11.8 Å². The monoisotopic (exact) mass is 329 g/mol. The molecule has 0 spiro atoms. The molecule has 0 unspecified atom stereocenters. The van der Waals surface area contributed by atoms with Gasteiger partial charge in [0, 0.05) is 0 Å². The number of hydrogen-bond acceptors (Lipinski definition) is 2. The van der Waals surface area contributed by atoms with Gasteiger partial charge < -0.3 is 5.32 Å². The van der Waals surface area contributed by atoms with Crippen molar-refractivity contribution < 1.29 is 0 Å². The Labute approximate surface area is 107 Å². The van der Waals surface area contributed by atoms with Crippen molar-refractivity contribution in [1.29, 1.82) is 0 Å². The molecule has 0 atom stereocenters. The Bertz CT molecular complexity index is 89.3. The largest absolute Gasteiger partial charge is 0.317 e. The summed E-state index contributed by atoms with van der Waals surface area (Å²) in [6.07, 6.45) is 6.90. The highest BCUT2D eigenvalue weighted by Crippen LogP contribution is 2.02. The fourth-order valence-electron chi connectivity index (χ4n) is 1.27. The van der Waals surface area contributed by atoms with Gasteiger partial charge in [-0.15, -0.1) is 0 Å². The molecule has 0 saturated carbocycles. The predicted octanol–water partition coefficient (Wildman–Crippen LogP) is 3.71. The zero-order valence-electron chi connectivity index (χ0n) is 9.36. The Kier molecular flexibility index (Phi) is 15.1. The molecule has 0 aromatic carbocycles. The maximum absolute atomic E-state index is 3.51. The molecule has 0 aliphatic carbocycles. The second-order valence-corrected chi connectivity index (χ2v) is 5.88. The van der Waals surface area contributed by atoms with E-state index < -0.39 is 0 Å². The molecular formula is C11H24INS. The molecule has 0 bridgehead atoms. The number of hydrogen-bond donors (Lipinski definition) is 1. The first-order valence-corrected chi connectivity index (χ1v) is 8.44. The molecule has 0 heterocycles. The maximum atomic E-state index is 3.51. The lowest BCUT2D eigenvalue weighted by Crippen LogP contribution is -2.17. The zero-order valence-corrected chi connectivity index (χ0v) is 12.3. The Morgan fingerprint density at radius 2 is 1.71 bits per heavy atom. The highest BCUT2D eigenvalue weighted by atomic mass is 127. The average molecular weight is 329 g/mol. The van der Waals surface area contributed by atoms with Crippen LogP contribution in [0, 0.1) is 0 Å². The van der Waals surface area contributed by atoms with E-state index in [0.717, 1.165) is 0 Å². The molecule has 0 aliphatic rings. The van der Waals surface area contributed by atoms with Gasteiger partial charge in [-0.05, 0) is 48.3 Å². The van der Waals surface area contributed by atoms with Crippen molar-refractivity contribution in [2.45, 2.75) is 39.0 Å². The summed E-state index contributed by atoms with van der Waals surface area (Å²) in [6, 6.07) is 0. The number of rotatable bonds is 11. The van der Waals surface area contributed by atoms with Gasteiger partial charge in [0.05, 0.1) is 0 Å². The van der Waals surface area contributed by atoms with Crippen LogP contribution in [-0.2, 0) is 0 Å². The minimum absolute atomic E-state index is 1.21. The van der Waals surface area contributed by atoms with Crippen LogP contribution in [0.5, 0.6) is 0 Å². The molecule has 0 radical (unpaired) electrons. The van der Waals surface area contributed by atoms with Gasteiger partial charge in [-0.1, -0.05) is 42.4 Å². The number of alkyl halides is 1. The second-order valence-electron chi connectivity index (χ2n) is 3.40. The standard InChI is InChI=1S/C11H24INS/c1-2-14-11-7-10-13-9-6-4-3-5-8-12/h13H,2-11H2,1H3. The SMILES string of the molecule is CCSCCCNCCCCCCI. The summed E-state index contributed by atoms with van der Waals surface area (Å²) >= 11 is 4.50. The van der Waals surface area contributed by atoms with Gasteiger partial charge >= 0.3 is 0 Å². The third-order valence-corrected chi connectivity index (χ3v) is 3.83. The zero-order chi connectivity index (χ0) is 10.5. The van der Waals surface area contributed by atoms with Crippen molar-refractivity contribution in [3.8, 4) is 0 Å². The van der Waals surface area contributed by atoms with Crippen molar-refractivity contribution in [2.24, 2.45) is 0 Å². The van der Waals surface area contributed by atoms with Gasteiger partial charge in [0.25, 0.3) is 0 Å². The quantitative estimate of drug-likeness (QED) is 0.352. The molecule has 0 rings (SSSR count). The Morgan fingerprint density at radius 3 is 2.43 bits per heavy atom. The molecule has 3 heteroatoms. The van der Waals surface area contributed by atoms with Crippen LogP contribution in [0.25, 0.3) is 0 Å². The van der Waals surface area contributed by atoms with E-state index in [-0.39, 0.29) is 0 Å². The Balaban J connectivity index is 2.78. The van der Waals surface area contributed by atoms with Crippen molar-refractivity contribution >= 4 is 34.4 Å². The number of thioether (sulfide) groups is 1. The number of nitrogens with one attached hydrogen (secondary N) is 1. The summed E-state index contributed by atoms with van der Waals surface area (Å²) in [7, 11) is 0. The molecule has 1 nitrogen and oxygen atoms in total. The topological polar surface area (TPSA) is 12.0 Å². The van der Waals surface area contributed by atoms with Crippen LogP contribution in [0.15, 0.2) is 0 Å². The molecule has 14 heavy (non-hydrogen) atoms. The molecule has 86 valence electrons. The third-order valence-electron chi connectivity index (χ3n) is 2.08. The van der Waals surface area contributed by atoms with Gasteiger partial charge in [0.1, 0.15) is 0 Å². The molecule has 0 aliphatic heterocycles. The van der Waals surface area contributed by atoms with Crippen LogP contribution in [-0.4, -0.2) is 29.0 Å². The lowest BCUT2D eigenvalue weighted by molar-refractivity contribution is 0.598. The summed E-state index contributed by atoms with van der Waals surface area (Å²) in [5, 5.41) is 3.51. The van der Waals surface area contributed by atoms with E-state index in [2.05, 4.69) is 34.8 Å². The molecule has 0 fully saturated rings. The first kappa shape index (κ1) is 15.0. The minimum atomic E-state index is 1.21. The van der Waals surface area contributed by atoms with Crippen LogP contribution in [0.4, 0.5) is 0 Å². The van der Waals surface area contributed by atoms with E-state index >= 15 is 0 Å². The first-order chi connectivity index (χ1) is 6.91. The lowest BCUT2D eigenvalue weighted by atomic mass is 10.2. The van der Waals surface area contributed by atoms with E-state index in [4.69, 9.17) is 0 Å². The van der Waals surface area contributed by atoms with Crippen LogP contribution in [0.2, 0.25) is 0 Å². The minimum Gasteiger partial charge on any atom is -0.317 e. The van der Waals surface area contributed by atoms with E-state index in [1.165, 1.54) is 61.1 Å². The summed E-state index contributed by atoms with van der Waals surface area (Å²) in [6.45, 7) is 4.66. The van der Waals surface area contributed by atoms with E-state index in [1.54, 1.807) is 0 Å². The molecule has 0 aromatic rings. The lowest BCUT2D eigenvalue weighted by Gasteiger charge is -2.03. The number of unbranched alkanes of at least 4 members (excludes halogenated alkanes) is 3. The van der Waals surface area contributed by atoms with Crippen LogP contribution >= 0.6 is 34.4 Å². The predicted molar refractivity (Wildman–Crippen MR) is 77.8 cm³/mol. The molecular weight excluding hydrogens is 305 g/mol. The highest BCUT2D eigenvalue weighted by molar-refractivity contribution is 14.1.